The van der Waals surface area contributed by atoms with Crippen molar-refractivity contribution >= 4 is 0 Å². The van der Waals surface area contributed by atoms with E-state index in [1.54, 1.807) is 0 Å². The minimum absolute atomic E-state index is 0.263. The molecule has 0 radical (unpaired) electrons. The monoisotopic (exact) mass is 384 g/mol. The van der Waals surface area contributed by atoms with Gasteiger partial charge in [0, 0.05) is 56.6 Å². The average Bonchev–Trinajstić information content (AvgIpc) is 2.98. The van der Waals surface area contributed by atoms with Crippen LogP contribution in [0, 0.1) is 13.8 Å². The molecule has 5 heteroatoms. The molecule has 28 heavy (non-hydrogen) atoms. The highest BCUT2D eigenvalue weighted by molar-refractivity contribution is 5.24. The lowest BCUT2D eigenvalue weighted by Crippen LogP contribution is -2.53. The molecule has 1 aliphatic heterocycles. The van der Waals surface area contributed by atoms with Gasteiger partial charge >= 0.3 is 0 Å². The molecule has 5 nitrogen and oxygen atoms in total. The third-order valence-electron chi connectivity index (χ3n) is 6.12. The second-order valence-electron chi connectivity index (χ2n) is 7.99. The molecule has 0 spiro atoms. The highest BCUT2D eigenvalue weighted by Gasteiger charge is 2.27. The number of hydrogen-bond acceptors (Lipinski definition) is 4. The van der Waals surface area contributed by atoms with Crippen molar-refractivity contribution in [3.05, 3.63) is 52.8 Å². The Bertz CT molecular complexity index is 728. The minimum atomic E-state index is 0.263. The molecule has 154 valence electrons. The van der Waals surface area contributed by atoms with Gasteiger partial charge in [0.15, 0.2) is 0 Å². The van der Waals surface area contributed by atoms with E-state index < -0.39 is 0 Å². The molecule has 1 atom stereocenters. The van der Waals surface area contributed by atoms with Crippen LogP contribution in [-0.2, 0) is 19.5 Å². The molecule has 1 aliphatic rings. The van der Waals surface area contributed by atoms with E-state index in [-0.39, 0.29) is 6.61 Å². The van der Waals surface area contributed by atoms with Gasteiger partial charge in [0.2, 0.25) is 0 Å². The molecular weight excluding hydrogens is 348 g/mol. The fourth-order valence-electron chi connectivity index (χ4n) is 4.44. The number of rotatable bonds is 9. The van der Waals surface area contributed by atoms with Gasteiger partial charge in [-0.2, -0.15) is 5.10 Å². The van der Waals surface area contributed by atoms with Crippen LogP contribution in [-0.4, -0.2) is 63.5 Å². The van der Waals surface area contributed by atoms with Gasteiger partial charge in [-0.1, -0.05) is 30.3 Å². The molecule has 1 fully saturated rings. The van der Waals surface area contributed by atoms with Crippen molar-refractivity contribution in [2.24, 2.45) is 0 Å². The quantitative estimate of drug-likeness (QED) is 0.722. The topological polar surface area (TPSA) is 44.5 Å². The lowest BCUT2D eigenvalue weighted by atomic mass is 10.0. The Hall–Kier alpha value is -1.69. The summed E-state index contributed by atoms with van der Waals surface area (Å²) in [6.45, 7) is 12.9. The second-order valence-corrected chi connectivity index (χ2v) is 7.99. The molecule has 1 aromatic heterocycles. The largest absolute Gasteiger partial charge is 0.396 e. The molecule has 0 unspecified atom stereocenters. The molecule has 0 saturated carbocycles. The Morgan fingerprint density at radius 2 is 1.93 bits per heavy atom. The molecule has 1 saturated heterocycles. The Balaban J connectivity index is 1.55. The Morgan fingerprint density at radius 1 is 1.14 bits per heavy atom. The summed E-state index contributed by atoms with van der Waals surface area (Å²) in [6, 6.07) is 11.2. The van der Waals surface area contributed by atoms with Crippen molar-refractivity contribution in [3.63, 3.8) is 0 Å². The number of aromatic nitrogens is 2. The number of aliphatic hydroxyl groups excluding tert-OH is 1. The summed E-state index contributed by atoms with van der Waals surface area (Å²) >= 11 is 0. The standard InChI is InChI=1S/C23H36N4O/c1-4-27-20(3)23(19(2)24-27)18-25-14-15-26(22(17-25)12-16-28)13-8-11-21-9-6-5-7-10-21/h5-7,9-10,22,28H,4,8,11-18H2,1-3H3/t22-/m0/s1. The zero-order chi connectivity index (χ0) is 19.9. The predicted octanol–water partition coefficient (Wildman–Crippen LogP) is 3.02. The predicted molar refractivity (Wildman–Crippen MR) is 114 cm³/mol. The van der Waals surface area contributed by atoms with Gasteiger partial charge in [0.1, 0.15) is 0 Å². The third kappa shape index (κ3) is 5.22. The van der Waals surface area contributed by atoms with Crippen LogP contribution in [0.25, 0.3) is 0 Å². The summed E-state index contributed by atoms with van der Waals surface area (Å²) in [5.41, 5.74) is 5.24. The van der Waals surface area contributed by atoms with Gasteiger partial charge < -0.3 is 5.11 Å². The van der Waals surface area contributed by atoms with Crippen LogP contribution >= 0.6 is 0 Å². The summed E-state index contributed by atoms with van der Waals surface area (Å²) in [5, 5.41) is 14.3. The summed E-state index contributed by atoms with van der Waals surface area (Å²) in [6.07, 6.45) is 3.16. The number of hydrogen-bond donors (Lipinski definition) is 1. The SMILES string of the molecule is CCn1nc(C)c(CN2CCN(CCCc3ccccc3)[C@@H](CCO)C2)c1C. The first-order valence-electron chi connectivity index (χ1n) is 10.8. The van der Waals surface area contributed by atoms with Crippen LogP contribution in [0.3, 0.4) is 0 Å². The van der Waals surface area contributed by atoms with Crippen LogP contribution in [0.4, 0.5) is 0 Å². The number of benzene rings is 1. The first-order valence-corrected chi connectivity index (χ1v) is 10.8. The molecule has 0 aliphatic carbocycles. The van der Waals surface area contributed by atoms with E-state index in [2.05, 4.69) is 70.7 Å². The lowest BCUT2D eigenvalue weighted by molar-refractivity contribution is 0.0545. The number of aliphatic hydroxyl groups is 1. The Morgan fingerprint density at radius 3 is 2.61 bits per heavy atom. The summed E-state index contributed by atoms with van der Waals surface area (Å²) in [4.78, 5) is 5.13. The Kier molecular flexibility index (Phi) is 7.65. The summed E-state index contributed by atoms with van der Waals surface area (Å²) in [7, 11) is 0. The van der Waals surface area contributed by atoms with E-state index >= 15 is 0 Å². The Labute approximate surface area is 170 Å². The normalized spacial score (nSPS) is 18.6. The smallest absolute Gasteiger partial charge is 0.0641 e. The lowest BCUT2D eigenvalue weighted by Gasteiger charge is -2.41. The average molecular weight is 385 g/mol. The van der Waals surface area contributed by atoms with Crippen LogP contribution < -0.4 is 0 Å². The molecule has 3 rings (SSSR count). The minimum Gasteiger partial charge on any atom is -0.396 e. The second kappa shape index (κ2) is 10.2. The molecule has 2 heterocycles. The number of piperazine rings is 1. The molecule has 1 aromatic carbocycles. The maximum atomic E-state index is 9.58. The van der Waals surface area contributed by atoms with E-state index in [1.165, 1.54) is 23.2 Å². The van der Waals surface area contributed by atoms with E-state index in [4.69, 9.17) is 0 Å². The van der Waals surface area contributed by atoms with Gasteiger partial charge in [-0.05, 0) is 52.1 Å². The van der Waals surface area contributed by atoms with Gasteiger partial charge in [-0.25, -0.2) is 0 Å². The van der Waals surface area contributed by atoms with Gasteiger partial charge in [0.05, 0.1) is 5.69 Å². The van der Waals surface area contributed by atoms with E-state index in [0.717, 1.165) is 57.8 Å². The highest BCUT2D eigenvalue weighted by Crippen LogP contribution is 2.20. The van der Waals surface area contributed by atoms with Gasteiger partial charge in [-0.15, -0.1) is 0 Å². The molecular formula is C23H36N4O. The fourth-order valence-corrected chi connectivity index (χ4v) is 4.44. The fraction of sp³-hybridized carbons (Fsp3) is 0.609. The van der Waals surface area contributed by atoms with E-state index in [9.17, 15) is 5.11 Å². The van der Waals surface area contributed by atoms with Gasteiger partial charge in [0.25, 0.3) is 0 Å². The first-order chi connectivity index (χ1) is 13.6. The van der Waals surface area contributed by atoms with Crippen molar-refractivity contribution in [1.29, 1.82) is 0 Å². The molecule has 0 amide bonds. The van der Waals surface area contributed by atoms with Crippen LogP contribution in [0.15, 0.2) is 30.3 Å². The van der Waals surface area contributed by atoms with Crippen molar-refractivity contribution in [2.45, 2.75) is 59.2 Å². The van der Waals surface area contributed by atoms with Crippen molar-refractivity contribution in [1.82, 2.24) is 19.6 Å². The third-order valence-corrected chi connectivity index (χ3v) is 6.12. The van der Waals surface area contributed by atoms with Crippen LogP contribution in [0.2, 0.25) is 0 Å². The summed E-state index contributed by atoms with van der Waals surface area (Å²) in [5.74, 6) is 0. The van der Waals surface area contributed by atoms with Crippen LogP contribution in [0.1, 0.15) is 42.3 Å². The zero-order valence-corrected chi connectivity index (χ0v) is 17.8. The molecule has 1 N–H and O–H groups in total. The number of aryl methyl sites for hydroxylation is 3. The van der Waals surface area contributed by atoms with E-state index in [0.29, 0.717) is 6.04 Å². The number of nitrogens with zero attached hydrogens (tertiary/aromatic N) is 4. The van der Waals surface area contributed by atoms with Crippen molar-refractivity contribution in [3.8, 4) is 0 Å². The van der Waals surface area contributed by atoms with Gasteiger partial charge in [-0.3, -0.25) is 14.5 Å². The summed E-state index contributed by atoms with van der Waals surface area (Å²) < 4.78 is 2.11. The maximum Gasteiger partial charge on any atom is 0.0641 e. The van der Waals surface area contributed by atoms with Crippen molar-refractivity contribution < 1.29 is 5.11 Å². The molecule has 2 aromatic rings. The maximum absolute atomic E-state index is 9.58. The van der Waals surface area contributed by atoms with Crippen LogP contribution in [0.5, 0.6) is 0 Å². The first kappa shape index (κ1) is 21.0. The molecule has 0 bridgehead atoms. The zero-order valence-electron chi connectivity index (χ0n) is 17.8. The highest BCUT2D eigenvalue weighted by atomic mass is 16.3. The van der Waals surface area contributed by atoms with Crippen molar-refractivity contribution in [2.75, 3.05) is 32.8 Å². The van der Waals surface area contributed by atoms with E-state index in [1.807, 2.05) is 0 Å².